The third kappa shape index (κ3) is 2.10. The van der Waals surface area contributed by atoms with Crippen molar-refractivity contribution in [3.63, 3.8) is 0 Å². The second-order valence-corrected chi connectivity index (χ2v) is 3.58. The van der Waals surface area contributed by atoms with Crippen molar-refractivity contribution in [2.24, 2.45) is 7.05 Å². The zero-order valence-corrected chi connectivity index (χ0v) is 9.31. The van der Waals surface area contributed by atoms with Gasteiger partial charge in [0.1, 0.15) is 11.6 Å². The standard InChI is InChI=1S/C10H14N6/c1-7-8(6-13-16(7)2)5-12-10-4-3-9(11)14-15-10/h3-4,6H,5H2,1-2H3,(H2,11,14)(H,12,15). The van der Waals surface area contributed by atoms with Crippen molar-refractivity contribution in [2.75, 3.05) is 11.1 Å². The van der Waals surface area contributed by atoms with Gasteiger partial charge in [0.25, 0.3) is 0 Å². The highest BCUT2D eigenvalue weighted by Gasteiger charge is 2.03. The molecule has 6 heteroatoms. The van der Waals surface area contributed by atoms with E-state index < -0.39 is 0 Å². The van der Waals surface area contributed by atoms with Crippen LogP contribution in [0.1, 0.15) is 11.3 Å². The number of nitrogens with two attached hydrogens (primary N) is 1. The molecule has 0 amide bonds. The first kappa shape index (κ1) is 10.4. The maximum atomic E-state index is 5.45. The van der Waals surface area contributed by atoms with E-state index in [1.54, 1.807) is 12.1 Å². The van der Waals surface area contributed by atoms with Crippen LogP contribution in [0.4, 0.5) is 11.6 Å². The van der Waals surface area contributed by atoms with Crippen LogP contribution >= 0.6 is 0 Å². The summed E-state index contributed by atoms with van der Waals surface area (Å²) in [4.78, 5) is 0. The number of hydrogen-bond donors (Lipinski definition) is 2. The molecule has 0 aliphatic carbocycles. The van der Waals surface area contributed by atoms with Crippen LogP contribution in [0.25, 0.3) is 0 Å². The Bertz CT molecular complexity index is 473. The van der Waals surface area contributed by atoms with Crippen molar-refractivity contribution < 1.29 is 0 Å². The fraction of sp³-hybridized carbons (Fsp3) is 0.300. The Morgan fingerprint density at radius 3 is 2.75 bits per heavy atom. The van der Waals surface area contributed by atoms with Crippen LogP contribution < -0.4 is 11.1 Å². The summed E-state index contributed by atoms with van der Waals surface area (Å²) in [5, 5.41) is 15.0. The van der Waals surface area contributed by atoms with Crippen LogP contribution in [0.2, 0.25) is 0 Å². The molecular weight excluding hydrogens is 204 g/mol. The van der Waals surface area contributed by atoms with Crippen molar-refractivity contribution in [2.45, 2.75) is 13.5 Å². The first-order chi connectivity index (χ1) is 7.66. The molecule has 6 nitrogen and oxygen atoms in total. The summed E-state index contributed by atoms with van der Waals surface area (Å²) < 4.78 is 1.84. The minimum atomic E-state index is 0.420. The molecule has 0 unspecified atom stereocenters. The minimum absolute atomic E-state index is 0.420. The molecule has 2 aromatic heterocycles. The average molecular weight is 218 g/mol. The highest BCUT2D eigenvalue weighted by molar-refractivity contribution is 5.39. The maximum Gasteiger partial charge on any atom is 0.149 e. The van der Waals surface area contributed by atoms with Crippen LogP contribution in [0, 0.1) is 6.92 Å². The number of anilines is 2. The van der Waals surface area contributed by atoms with Gasteiger partial charge in [-0.05, 0) is 19.1 Å². The zero-order chi connectivity index (χ0) is 11.5. The molecule has 0 aromatic carbocycles. The van der Waals surface area contributed by atoms with Gasteiger partial charge in [0.15, 0.2) is 0 Å². The first-order valence-corrected chi connectivity index (χ1v) is 4.97. The van der Waals surface area contributed by atoms with Crippen LogP contribution in [-0.2, 0) is 13.6 Å². The summed E-state index contributed by atoms with van der Waals surface area (Å²) in [5.74, 6) is 1.13. The first-order valence-electron chi connectivity index (χ1n) is 4.97. The van der Waals surface area contributed by atoms with Gasteiger partial charge >= 0.3 is 0 Å². The molecule has 0 saturated heterocycles. The van der Waals surface area contributed by atoms with Crippen LogP contribution in [0.3, 0.4) is 0 Å². The molecule has 0 bridgehead atoms. The van der Waals surface area contributed by atoms with E-state index in [9.17, 15) is 0 Å². The lowest BCUT2D eigenvalue weighted by Crippen LogP contribution is -2.04. The number of rotatable bonds is 3. The molecule has 0 aliphatic rings. The fourth-order valence-electron chi connectivity index (χ4n) is 1.34. The maximum absolute atomic E-state index is 5.45. The predicted molar refractivity (Wildman–Crippen MR) is 61.7 cm³/mol. The van der Waals surface area contributed by atoms with Crippen molar-refractivity contribution in [1.82, 2.24) is 20.0 Å². The van der Waals surface area contributed by atoms with Gasteiger partial charge in [0.05, 0.1) is 6.20 Å². The van der Waals surface area contributed by atoms with Crippen molar-refractivity contribution in [3.8, 4) is 0 Å². The number of hydrogen-bond acceptors (Lipinski definition) is 5. The van der Waals surface area contributed by atoms with E-state index in [0.717, 1.165) is 11.3 Å². The lowest BCUT2D eigenvalue weighted by Gasteiger charge is -2.04. The van der Waals surface area contributed by atoms with Gasteiger partial charge in [0, 0.05) is 24.8 Å². The van der Waals surface area contributed by atoms with Crippen LogP contribution in [-0.4, -0.2) is 20.0 Å². The third-order valence-electron chi connectivity index (χ3n) is 2.48. The van der Waals surface area contributed by atoms with Crippen molar-refractivity contribution >= 4 is 11.6 Å². The monoisotopic (exact) mass is 218 g/mol. The summed E-state index contributed by atoms with van der Waals surface area (Å²) in [5.41, 5.74) is 7.72. The molecule has 2 rings (SSSR count). The summed E-state index contributed by atoms with van der Waals surface area (Å²) in [6.45, 7) is 2.71. The van der Waals surface area contributed by atoms with Crippen LogP contribution in [0.15, 0.2) is 18.3 Å². The van der Waals surface area contributed by atoms with Gasteiger partial charge < -0.3 is 11.1 Å². The van der Waals surface area contributed by atoms with Crippen LogP contribution in [0.5, 0.6) is 0 Å². The lowest BCUT2D eigenvalue weighted by atomic mass is 10.2. The number of nitrogens with zero attached hydrogens (tertiary/aromatic N) is 4. The van der Waals surface area contributed by atoms with Gasteiger partial charge in [-0.25, -0.2) is 0 Å². The molecule has 16 heavy (non-hydrogen) atoms. The molecule has 0 atom stereocenters. The summed E-state index contributed by atoms with van der Waals surface area (Å²) in [7, 11) is 1.92. The topological polar surface area (TPSA) is 81.7 Å². The van der Waals surface area contributed by atoms with E-state index in [1.165, 1.54) is 0 Å². The Morgan fingerprint density at radius 2 is 2.19 bits per heavy atom. The number of aryl methyl sites for hydroxylation is 1. The summed E-state index contributed by atoms with van der Waals surface area (Å²) >= 11 is 0. The molecule has 0 saturated carbocycles. The molecule has 2 heterocycles. The van der Waals surface area contributed by atoms with Crippen molar-refractivity contribution in [3.05, 3.63) is 29.6 Å². The Balaban J connectivity index is 2.02. The third-order valence-corrected chi connectivity index (χ3v) is 2.48. The lowest BCUT2D eigenvalue weighted by molar-refractivity contribution is 0.738. The van der Waals surface area contributed by atoms with E-state index in [1.807, 2.05) is 24.9 Å². The molecule has 0 radical (unpaired) electrons. The van der Waals surface area contributed by atoms with E-state index in [-0.39, 0.29) is 0 Å². The summed E-state index contributed by atoms with van der Waals surface area (Å²) in [6.07, 6.45) is 1.84. The highest BCUT2D eigenvalue weighted by atomic mass is 15.3. The van der Waals surface area contributed by atoms with E-state index in [4.69, 9.17) is 5.73 Å². The molecule has 84 valence electrons. The number of nitrogen functional groups attached to an aromatic ring is 1. The predicted octanol–water partition coefficient (Wildman–Crippen LogP) is 0.713. The number of aromatic nitrogens is 4. The van der Waals surface area contributed by atoms with Gasteiger partial charge in [0.2, 0.25) is 0 Å². The van der Waals surface area contributed by atoms with E-state index in [2.05, 4.69) is 20.6 Å². The molecule has 0 aliphatic heterocycles. The van der Waals surface area contributed by atoms with E-state index >= 15 is 0 Å². The molecule has 2 aromatic rings. The molecule has 0 fully saturated rings. The second kappa shape index (κ2) is 4.18. The summed E-state index contributed by atoms with van der Waals surface area (Å²) in [6, 6.07) is 3.51. The van der Waals surface area contributed by atoms with Crippen molar-refractivity contribution in [1.29, 1.82) is 0 Å². The Morgan fingerprint density at radius 1 is 1.38 bits per heavy atom. The van der Waals surface area contributed by atoms with E-state index in [0.29, 0.717) is 18.2 Å². The minimum Gasteiger partial charge on any atom is -0.382 e. The molecule has 3 N–H and O–H groups in total. The Labute approximate surface area is 93.5 Å². The Hall–Kier alpha value is -2.11. The smallest absolute Gasteiger partial charge is 0.149 e. The SMILES string of the molecule is Cc1c(CNc2ccc(N)nn2)cnn1C. The van der Waals surface area contributed by atoms with Gasteiger partial charge in [-0.2, -0.15) is 5.10 Å². The quantitative estimate of drug-likeness (QED) is 0.793. The van der Waals surface area contributed by atoms with Gasteiger partial charge in [-0.1, -0.05) is 0 Å². The molecule has 0 spiro atoms. The normalized spacial score (nSPS) is 10.4. The largest absolute Gasteiger partial charge is 0.382 e. The van der Waals surface area contributed by atoms with Gasteiger partial charge in [-0.3, -0.25) is 4.68 Å². The Kier molecular flexibility index (Phi) is 2.72. The highest BCUT2D eigenvalue weighted by Crippen LogP contribution is 2.09. The zero-order valence-electron chi connectivity index (χ0n) is 9.31. The van der Waals surface area contributed by atoms with Gasteiger partial charge in [-0.15, -0.1) is 10.2 Å². The molecular formula is C10H14N6. The fourth-order valence-corrected chi connectivity index (χ4v) is 1.34. The second-order valence-electron chi connectivity index (χ2n) is 3.58. The number of nitrogens with one attached hydrogen (secondary N) is 1. The average Bonchev–Trinajstić information content (AvgIpc) is 2.60.